The van der Waals surface area contributed by atoms with Gasteiger partial charge in [0.25, 0.3) is 17.2 Å². The molecular formula is C22H19N3O4S. The summed E-state index contributed by atoms with van der Waals surface area (Å²) < 4.78 is 11.6. The Morgan fingerprint density at radius 3 is 2.60 bits per heavy atom. The third-order valence-corrected chi connectivity index (χ3v) is 5.20. The van der Waals surface area contributed by atoms with Crippen molar-refractivity contribution in [2.24, 2.45) is 0 Å². The molecule has 0 bridgehead atoms. The quantitative estimate of drug-likeness (QED) is 0.573. The zero-order valence-electron chi connectivity index (χ0n) is 16.2. The number of hydrogen-bond donors (Lipinski definition) is 1. The zero-order valence-corrected chi connectivity index (χ0v) is 17.0. The van der Waals surface area contributed by atoms with Crippen LogP contribution in [0.15, 0.2) is 70.1 Å². The Morgan fingerprint density at radius 1 is 1.13 bits per heavy atom. The number of aromatic nitrogens is 1. The van der Waals surface area contributed by atoms with Gasteiger partial charge in [0.05, 0.1) is 17.6 Å². The van der Waals surface area contributed by atoms with E-state index in [1.807, 2.05) is 66.5 Å². The van der Waals surface area contributed by atoms with E-state index in [1.165, 1.54) is 0 Å². The van der Waals surface area contributed by atoms with E-state index in [9.17, 15) is 9.59 Å². The van der Waals surface area contributed by atoms with Crippen LogP contribution in [-0.4, -0.2) is 36.3 Å². The highest BCUT2D eigenvalue weighted by atomic mass is 32.2. The number of carbonyl (C=O) groups excluding carboxylic acids is 2. The Hall–Kier alpha value is -3.52. The molecule has 3 aromatic rings. The highest BCUT2D eigenvalue weighted by Gasteiger charge is 2.24. The van der Waals surface area contributed by atoms with Gasteiger partial charge in [-0.25, -0.2) is 4.98 Å². The SMILES string of the molecule is CN(CCOc1ccc(/C=C2\SC(=O)NC2=O)cc1)c1ncc(-c2ccccc2)o1. The summed E-state index contributed by atoms with van der Waals surface area (Å²) in [4.78, 5) is 29.4. The van der Waals surface area contributed by atoms with Gasteiger partial charge in [-0.05, 0) is 35.5 Å². The van der Waals surface area contributed by atoms with E-state index in [1.54, 1.807) is 12.3 Å². The second kappa shape index (κ2) is 8.87. The summed E-state index contributed by atoms with van der Waals surface area (Å²) in [5, 5.41) is 1.89. The number of oxazole rings is 1. The van der Waals surface area contributed by atoms with Gasteiger partial charge < -0.3 is 14.1 Å². The third kappa shape index (κ3) is 4.72. The number of ether oxygens (including phenoxy) is 1. The molecule has 8 heteroatoms. The van der Waals surface area contributed by atoms with Gasteiger partial charge in [0, 0.05) is 12.6 Å². The summed E-state index contributed by atoms with van der Waals surface area (Å²) in [6.45, 7) is 1.05. The van der Waals surface area contributed by atoms with E-state index in [-0.39, 0.29) is 11.1 Å². The maximum Gasteiger partial charge on any atom is 0.297 e. The molecule has 2 aromatic carbocycles. The Labute approximate surface area is 177 Å². The zero-order chi connectivity index (χ0) is 20.9. The van der Waals surface area contributed by atoms with Crippen LogP contribution in [0.5, 0.6) is 5.75 Å². The van der Waals surface area contributed by atoms with Crippen LogP contribution in [-0.2, 0) is 4.79 Å². The molecule has 4 rings (SSSR count). The summed E-state index contributed by atoms with van der Waals surface area (Å²) in [6, 6.07) is 17.7. The molecule has 0 radical (unpaired) electrons. The summed E-state index contributed by atoms with van der Waals surface area (Å²) in [7, 11) is 1.89. The molecule has 1 saturated heterocycles. The third-order valence-electron chi connectivity index (χ3n) is 4.39. The predicted molar refractivity (Wildman–Crippen MR) is 116 cm³/mol. The van der Waals surface area contributed by atoms with E-state index in [0.29, 0.717) is 29.8 Å². The van der Waals surface area contributed by atoms with Gasteiger partial charge in [-0.15, -0.1) is 0 Å². The molecule has 1 N–H and O–H groups in total. The van der Waals surface area contributed by atoms with Crippen LogP contribution in [0.1, 0.15) is 5.56 Å². The molecule has 0 saturated carbocycles. The highest BCUT2D eigenvalue weighted by Crippen LogP contribution is 2.26. The first-order valence-corrected chi connectivity index (χ1v) is 10.1. The second-order valence-electron chi connectivity index (χ2n) is 6.56. The van der Waals surface area contributed by atoms with Gasteiger partial charge in [-0.2, -0.15) is 0 Å². The Balaban J connectivity index is 1.29. The molecule has 30 heavy (non-hydrogen) atoms. The van der Waals surface area contributed by atoms with E-state index >= 15 is 0 Å². The van der Waals surface area contributed by atoms with Crippen molar-refractivity contribution < 1.29 is 18.7 Å². The van der Waals surface area contributed by atoms with Gasteiger partial charge in [0.2, 0.25) is 0 Å². The fourth-order valence-electron chi connectivity index (χ4n) is 2.81. The Bertz CT molecular complexity index is 1080. The van der Waals surface area contributed by atoms with Gasteiger partial charge in [-0.3, -0.25) is 14.9 Å². The fraction of sp³-hybridized carbons (Fsp3) is 0.136. The summed E-state index contributed by atoms with van der Waals surface area (Å²) in [5.74, 6) is 1.07. The number of hydrogen-bond acceptors (Lipinski definition) is 7. The molecule has 1 aliphatic heterocycles. The van der Waals surface area contributed by atoms with Crippen LogP contribution < -0.4 is 15.0 Å². The van der Waals surface area contributed by atoms with Crippen LogP contribution in [0.3, 0.4) is 0 Å². The molecule has 0 atom stereocenters. The monoisotopic (exact) mass is 421 g/mol. The number of rotatable bonds is 7. The fourth-order valence-corrected chi connectivity index (χ4v) is 3.49. The minimum atomic E-state index is -0.365. The average Bonchev–Trinajstić information content (AvgIpc) is 3.37. The maximum atomic E-state index is 11.6. The molecule has 152 valence electrons. The van der Waals surface area contributed by atoms with Crippen molar-refractivity contribution in [2.45, 2.75) is 0 Å². The van der Waals surface area contributed by atoms with E-state index in [2.05, 4.69) is 10.3 Å². The first-order valence-electron chi connectivity index (χ1n) is 9.28. The van der Waals surface area contributed by atoms with E-state index in [0.717, 1.165) is 28.6 Å². The first kappa shape index (κ1) is 19.8. The molecule has 7 nitrogen and oxygen atoms in total. The lowest BCUT2D eigenvalue weighted by Crippen LogP contribution is -2.23. The number of carbonyl (C=O) groups is 2. The van der Waals surface area contributed by atoms with Crippen LogP contribution in [0.4, 0.5) is 10.8 Å². The van der Waals surface area contributed by atoms with Crippen molar-refractivity contribution in [2.75, 3.05) is 25.1 Å². The standard InChI is InChI=1S/C22H19N3O4S/c1-25(21-23-14-18(29-21)16-5-3-2-4-6-16)11-12-28-17-9-7-15(8-10-17)13-19-20(26)24-22(27)30-19/h2-10,13-14H,11-12H2,1H3,(H,24,26,27)/b19-13-. The van der Waals surface area contributed by atoms with Crippen molar-refractivity contribution in [3.05, 3.63) is 71.3 Å². The lowest BCUT2D eigenvalue weighted by Gasteiger charge is -2.15. The van der Waals surface area contributed by atoms with Crippen molar-refractivity contribution in [3.8, 4) is 17.1 Å². The lowest BCUT2D eigenvalue weighted by molar-refractivity contribution is -0.115. The summed E-state index contributed by atoms with van der Waals surface area (Å²) in [6.07, 6.45) is 3.39. The molecule has 0 unspecified atom stereocenters. The molecule has 0 aliphatic carbocycles. The van der Waals surface area contributed by atoms with Gasteiger partial charge in [-0.1, -0.05) is 42.5 Å². The van der Waals surface area contributed by atoms with Crippen molar-refractivity contribution >= 4 is 35.0 Å². The average molecular weight is 421 g/mol. The second-order valence-corrected chi connectivity index (χ2v) is 7.58. The molecule has 1 aromatic heterocycles. The van der Waals surface area contributed by atoms with Crippen molar-refractivity contribution in [1.82, 2.24) is 10.3 Å². The van der Waals surface area contributed by atoms with Crippen LogP contribution in [0.2, 0.25) is 0 Å². The number of thioether (sulfide) groups is 1. The van der Waals surface area contributed by atoms with Crippen LogP contribution in [0, 0.1) is 0 Å². The predicted octanol–water partition coefficient (Wildman–Crippen LogP) is 4.18. The molecule has 1 fully saturated rings. The summed E-state index contributed by atoms with van der Waals surface area (Å²) >= 11 is 0.898. The van der Waals surface area contributed by atoms with Gasteiger partial charge in [0.1, 0.15) is 12.4 Å². The van der Waals surface area contributed by atoms with Gasteiger partial charge in [0.15, 0.2) is 5.76 Å². The number of imide groups is 1. The topological polar surface area (TPSA) is 84.7 Å². The van der Waals surface area contributed by atoms with Crippen LogP contribution in [0.25, 0.3) is 17.4 Å². The number of nitrogens with zero attached hydrogens (tertiary/aromatic N) is 2. The normalized spacial score (nSPS) is 14.8. The first-order chi connectivity index (χ1) is 14.6. The largest absolute Gasteiger partial charge is 0.492 e. The molecule has 2 amide bonds. The van der Waals surface area contributed by atoms with E-state index in [4.69, 9.17) is 9.15 Å². The maximum absolute atomic E-state index is 11.6. The molecular weight excluding hydrogens is 402 g/mol. The number of anilines is 1. The molecule has 1 aliphatic rings. The highest BCUT2D eigenvalue weighted by molar-refractivity contribution is 8.18. The van der Waals surface area contributed by atoms with E-state index < -0.39 is 0 Å². The number of nitrogens with one attached hydrogen (secondary N) is 1. The molecule has 2 heterocycles. The van der Waals surface area contributed by atoms with Crippen molar-refractivity contribution in [1.29, 1.82) is 0 Å². The summed E-state index contributed by atoms with van der Waals surface area (Å²) in [5.41, 5.74) is 1.80. The minimum absolute atomic E-state index is 0.350. The lowest BCUT2D eigenvalue weighted by atomic mass is 10.2. The Morgan fingerprint density at radius 2 is 1.90 bits per heavy atom. The minimum Gasteiger partial charge on any atom is -0.492 e. The number of amides is 2. The van der Waals surface area contributed by atoms with Crippen molar-refractivity contribution in [3.63, 3.8) is 0 Å². The van der Waals surface area contributed by atoms with Gasteiger partial charge >= 0.3 is 0 Å². The van der Waals surface area contributed by atoms with Crippen LogP contribution >= 0.6 is 11.8 Å². The smallest absolute Gasteiger partial charge is 0.297 e. The molecule has 0 spiro atoms. The number of likely N-dealkylation sites (N-methyl/N-ethyl adjacent to an activating group) is 1. The number of benzene rings is 2. The Kier molecular flexibility index (Phi) is 5.85.